The Labute approximate surface area is 774 Å². The fourth-order valence-corrected chi connectivity index (χ4v) is 17.0. The van der Waals surface area contributed by atoms with Crippen molar-refractivity contribution in [1.29, 1.82) is 0 Å². The van der Waals surface area contributed by atoms with Crippen molar-refractivity contribution < 1.29 is 28.5 Å². The number of carbonyl (C=O) groups excluding carboxylic acids is 3. The van der Waals surface area contributed by atoms with E-state index < -0.39 is 27.9 Å². The van der Waals surface area contributed by atoms with E-state index in [2.05, 4.69) is 61.8 Å². The molecule has 14 aromatic rings. The van der Waals surface area contributed by atoms with E-state index in [-0.39, 0.29) is 90.5 Å². The molecule has 674 valence electrons. The highest BCUT2D eigenvalue weighted by Gasteiger charge is 2.21. The Morgan fingerprint density at radius 3 is 0.939 bits per heavy atom. The zero-order valence-electron chi connectivity index (χ0n) is 72.8. The van der Waals surface area contributed by atoms with Crippen LogP contribution in [-0.4, -0.2) is 107 Å². The number of nitrogens with two attached hydrogens (primary N) is 2. The standard InChI is InChI=1S/C28H30N6O3S.C28H30N6O2S.C22H23N3O2S.C21H21N3O3S/c1-20-22(12-13-25(29)33-20)16-31-26(35)18-34-23(19-38(37)24-10-6-3-7-11-24)17-32-27(28(34)36)30-15-14-21-8-4-2-5-9-21;1-20-22(12-13-25(29)33-20)16-31-26(35)18-34-23(19-37-24-10-6-3-7-11-24)17-32-27(28(34)36)30-15-14-21-8-4-2-5-9-21;1-17(26)15-25-19(16-28-20-10-6-3-7-11-20)14-24-21(22(25)27)23-13-12-18-8-4-2-5-9-18;25-19(26)14-24-17(15-28-18-9-5-2-6-10-18)13-23-20(21(24)27)22-12-11-16-7-3-1-4-8-16/h2-13,17H,14-16,18-19H2,1H3,(H2,29,33)(H,30,32)(H,31,35);2-13,17H,14-16,18-19H2,1H3,(H2,29,33)(H,30,32)(H,31,35);2-11,14H,12-13,15-16H2,1H3,(H,23,24);1-10,13H,11-12,14-15H2,(H,22,23)(H,25,26). The lowest BCUT2D eigenvalue weighted by molar-refractivity contribution is -0.137. The van der Waals surface area contributed by atoms with Crippen molar-refractivity contribution in [3.8, 4) is 0 Å². The van der Waals surface area contributed by atoms with Crippen LogP contribution in [0.25, 0.3) is 0 Å². The number of nitrogens with zero attached hydrogens (tertiary/aromatic N) is 10. The van der Waals surface area contributed by atoms with E-state index in [9.17, 15) is 47.7 Å². The first kappa shape index (κ1) is 97.3. The Morgan fingerprint density at radius 2 is 0.641 bits per heavy atom. The van der Waals surface area contributed by atoms with Crippen LogP contribution in [0, 0.1) is 13.8 Å². The molecule has 6 heterocycles. The third-order valence-corrected chi connectivity index (χ3v) is 24.6. The van der Waals surface area contributed by atoms with Crippen LogP contribution in [0.4, 0.5) is 34.9 Å². The van der Waals surface area contributed by atoms with Crippen LogP contribution in [0.15, 0.2) is 330 Å². The van der Waals surface area contributed by atoms with Crippen molar-refractivity contribution in [2.24, 2.45) is 0 Å². The van der Waals surface area contributed by atoms with E-state index in [4.69, 9.17) is 11.5 Å². The average molecular weight is 1830 g/mol. The van der Waals surface area contributed by atoms with Gasteiger partial charge in [0.15, 0.2) is 23.3 Å². The molecule has 0 bridgehead atoms. The quantitative estimate of drug-likeness (QED) is 0.0161. The average Bonchev–Trinajstić information content (AvgIpc) is 0.454. The molecule has 28 nitrogen and oxygen atoms in total. The number of carboxylic acids is 1. The minimum Gasteiger partial charge on any atom is -0.480 e. The minimum atomic E-state index is -1.42. The molecule has 2 amide bonds. The number of Topliss-reactive ketones (excluding diaryl/α,β-unsaturated/α-hetero) is 1. The molecule has 32 heteroatoms. The van der Waals surface area contributed by atoms with Gasteiger partial charge in [-0.05, 0) is 140 Å². The number of anilines is 6. The van der Waals surface area contributed by atoms with Gasteiger partial charge < -0.3 is 48.5 Å². The summed E-state index contributed by atoms with van der Waals surface area (Å²) in [5, 5.41) is 27.3. The fourth-order valence-electron chi connectivity index (χ4n) is 13.2. The maximum absolute atomic E-state index is 13.4. The maximum Gasteiger partial charge on any atom is 0.323 e. The highest BCUT2D eigenvalue weighted by molar-refractivity contribution is 7.99. The molecule has 0 aliphatic heterocycles. The summed E-state index contributed by atoms with van der Waals surface area (Å²) in [6, 6.07) is 85.5. The number of nitrogen functional groups attached to an aromatic ring is 2. The van der Waals surface area contributed by atoms with Gasteiger partial charge in [0.05, 0.1) is 52.1 Å². The molecule has 0 saturated carbocycles. The number of aromatic nitrogens is 10. The summed E-state index contributed by atoms with van der Waals surface area (Å²) in [5.74, 6) is 1.50. The first-order valence-electron chi connectivity index (χ1n) is 42.3. The van der Waals surface area contributed by atoms with Gasteiger partial charge in [-0.15, -0.1) is 35.3 Å². The largest absolute Gasteiger partial charge is 0.480 e. The number of hydrogen-bond acceptors (Lipinski definition) is 24. The molecule has 11 N–H and O–H groups in total. The molecule has 1 unspecified atom stereocenters. The molecule has 0 aliphatic carbocycles. The molecule has 0 fully saturated rings. The number of rotatable bonds is 40. The van der Waals surface area contributed by atoms with Gasteiger partial charge in [0.1, 0.15) is 37.1 Å². The molecule has 14 rings (SSSR count). The van der Waals surface area contributed by atoms with E-state index >= 15 is 0 Å². The van der Waals surface area contributed by atoms with E-state index in [1.54, 1.807) is 84.6 Å². The van der Waals surface area contributed by atoms with Gasteiger partial charge in [0, 0.05) is 106 Å². The smallest absolute Gasteiger partial charge is 0.323 e. The van der Waals surface area contributed by atoms with Crippen LogP contribution in [0.3, 0.4) is 0 Å². The molecule has 0 spiro atoms. The van der Waals surface area contributed by atoms with Crippen molar-refractivity contribution in [1.82, 2.24) is 58.8 Å². The summed E-state index contributed by atoms with van der Waals surface area (Å²) < 4.78 is 18.6. The third-order valence-electron chi connectivity index (χ3n) is 20.1. The minimum absolute atomic E-state index is 0.0464. The van der Waals surface area contributed by atoms with Gasteiger partial charge in [-0.2, -0.15) is 0 Å². The summed E-state index contributed by atoms with van der Waals surface area (Å²) in [6.45, 7) is 7.20. The first-order chi connectivity index (χ1) is 63.7. The van der Waals surface area contributed by atoms with Gasteiger partial charge in [-0.25, -0.2) is 29.9 Å². The maximum atomic E-state index is 13.4. The molecule has 131 heavy (non-hydrogen) atoms. The normalized spacial score (nSPS) is 10.9. The third kappa shape index (κ3) is 31.8. The van der Waals surface area contributed by atoms with Crippen LogP contribution in [0.1, 0.15) is 74.5 Å². The highest BCUT2D eigenvalue weighted by Crippen LogP contribution is 2.26. The van der Waals surface area contributed by atoms with Crippen molar-refractivity contribution in [3.05, 3.63) is 401 Å². The number of ketones is 1. The van der Waals surface area contributed by atoms with Crippen molar-refractivity contribution in [2.75, 3.05) is 58.9 Å². The topological polar surface area (TPSA) is 395 Å². The molecule has 1 atom stereocenters. The Hall–Kier alpha value is -14.3. The molecule has 0 saturated heterocycles. The molecular weight excluding hydrogens is 1730 g/mol. The summed E-state index contributed by atoms with van der Waals surface area (Å²) >= 11 is 4.73. The Bertz CT molecular complexity index is 6180. The van der Waals surface area contributed by atoms with Gasteiger partial charge in [0.2, 0.25) is 11.8 Å². The second-order valence-electron chi connectivity index (χ2n) is 29.8. The zero-order valence-corrected chi connectivity index (χ0v) is 76.1. The van der Waals surface area contributed by atoms with Crippen molar-refractivity contribution in [2.45, 2.75) is 128 Å². The van der Waals surface area contributed by atoms with Gasteiger partial charge in [-0.3, -0.25) is 60.8 Å². The monoisotopic (exact) mass is 1830 g/mol. The van der Waals surface area contributed by atoms with Crippen LogP contribution >= 0.6 is 35.3 Å². The van der Waals surface area contributed by atoms with Gasteiger partial charge in [0.25, 0.3) is 22.2 Å². The number of amides is 2. The summed E-state index contributed by atoms with van der Waals surface area (Å²) in [4.78, 5) is 131. The Balaban J connectivity index is 0.000000170. The number of nitrogens with one attached hydrogen (secondary N) is 6. The van der Waals surface area contributed by atoms with Crippen LogP contribution in [0.5, 0.6) is 0 Å². The lowest BCUT2D eigenvalue weighted by atomic mass is 10.1. The van der Waals surface area contributed by atoms with Gasteiger partial charge >= 0.3 is 5.97 Å². The SMILES string of the molecule is CC(=O)Cn1c(CSc2ccccc2)cnc(NCCc2ccccc2)c1=O.Cc1nc(N)ccc1CNC(=O)Cn1c(CS(=O)c2ccccc2)cnc(NCCc2ccccc2)c1=O.Cc1nc(N)ccc1CNC(=O)Cn1c(CSc2ccccc2)cnc(NCCc2ccccc2)c1=O.O=C(O)Cn1c(CSc2ccccc2)cnc(NCCc2ccccc2)c1=O. The number of pyridine rings is 2. The molecular formula is C99H104N18O10S4. The molecule has 0 radical (unpaired) electrons. The summed E-state index contributed by atoms with van der Waals surface area (Å²) in [6.07, 6.45) is 9.43. The Kier molecular flexibility index (Phi) is 38.3. The van der Waals surface area contributed by atoms with E-state index in [0.29, 0.717) is 90.0 Å². The molecule has 0 aliphatic rings. The van der Waals surface area contributed by atoms with Crippen LogP contribution in [-0.2, 0) is 118 Å². The lowest BCUT2D eigenvalue weighted by Gasteiger charge is -2.15. The summed E-state index contributed by atoms with van der Waals surface area (Å²) in [7, 11) is -1.42. The fraction of sp³-hybridized carbons (Fsp3) is 0.212. The first-order valence-corrected chi connectivity index (χ1v) is 46.6. The van der Waals surface area contributed by atoms with Crippen LogP contribution < -0.4 is 65.6 Å². The highest BCUT2D eigenvalue weighted by atomic mass is 32.2. The number of aryl methyl sites for hydroxylation is 2. The van der Waals surface area contributed by atoms with Crippen LogP contribution in [0.2, 0.25) is 0 Å². The van der Waals surface area contributed by atoms with Gasteiger partial charge in [-0.1, -0.05) is 206 Å². The van der Waals surface area contributed by atoms with E-state index in [0.717, 1.165) is 78.8 Å². The number of aliphatic carboxylic acids is 1. The second kappa shape index (κ2) is 51.6. The Morgan fingerprint density at radius 1 is 0.366 bits per heavy atom. The number of carbonyl (C=O) groups is 4. The zero-order chi connectivity index (χ0) is 92.5. The number of carboxylic acid groups (broad SMARTS) is 1. The van der Waals surface area contributed by atoms with E-state index in [1.165, 1.54) is 48.7 Å². The van der Waals surface area contributed by atoms with Crippen molar-refractivity contribution >= 4 is 105 Å². The molecule has 8 aromatic carbocycles. The number of benzene rings is 8. The number of thioether (sulfide) groups is 3. The second-order valence-corrected chi connectivity index (χ2v) is 34.4. The lowest BCUT2D eigenvalue weighted by Crippen LogP contribution is -2.35. The summed E-state index contributed by atoms with van der Waals surface area (Å²) in [5.41, 5.74) is 20.2. The molecule has 6 aromatic heterocycles. The number of hydrogen-bond donors (Lipinski definition) is 9. The van der Waals surface area contributed by atoms with Crippen molar-refractivity contribution in [3.63, 3.8) is 0 Å². The van der Waals surface area contributed by atoms with E-state index in [1.807, 2.05) is 238 Å². The predicted molar refractivity (Wildman–Crippen MR) is 522 cm³/mol. The predicted octanol–water partition coefficient (Wildman–Crippen LogP) is 13.7.